The fourth-order valence-electron chi connectivity index (χ4n) is 5.34. The average Bonchev–Trinajstić information content (AvgIpc) is 3.10. The number of hydrogen-bond acceptors (Lipinski definition) is 7. The highest BCUT2D eigenvalue weighted by atomic mass is 16.3. The molecule has 1 aliphatic heterocycles. The van der Waals surface area contributed by atoms with Crippen molar-refractivity contribution in [2.24, 2.45) is 22.2 Å². The number of amides is 3. The van der Waals surface area contributed by atoms with Gasteiger partial charge in [0.1, 0.15) is 23.6 Å². The number of carbonyl (C=O) groups is 4. The van der Waals surface area contributed by atoms with Gasteiger partial charge in [0, 0.05) is 40.3 Å². The maximum Gasteiger partial charge on any atom is 0.245 e. The minimum atomic E-state index is -1.03. The van der Waals surface area contributed by atoms with Gasteiger partial charge in [-0.25, -0.2) is 0 Å². The van der Waals surface area contributed by atoms with Crippen LogP contribution in [-0.2, 0) is 38.6 Å². The zero-order chi connectivity index (χ0) is 33.1. The van der Waals surface area contributed by atoms with Gasteiger partial charge in [-0.2, -0.15) is 0 Å². The number of ketones is 1. The molecule has 0 saturated heterocycles. The molecule has 0 saturated carbocycles. The molecule has 1 aliphatic rings. The Bertz CT molecular complexity index is 1390. The van der Waals surface area contributed by atoms with Gasteiger partial charge in [-0.3, -0.25) is 24.2 Å². The molecule has 0 aromatic heterocycles. The van der Waals surface area contributed by atoms with E-state index in [1.54, 1.807) is 17.0 Å². The Morgan fingerprint density at radius 2 is 1.82 bits per heavy atom. The van der Waals surface area contributed by atoms with Crippen LogP contribution in [0.15, 0.2) is 41.4 Å². The van der Waals surface area contributed by atoms with E-state index in [-0.39, 0.29) is 75.5 Å². The number of rotatable bonds is 14. The van der Waals surface area contributed by atoms with Crippen LogP contribution in [0.4, 0.5) is 0 Å². The van der Waals surface area contributed by atoms with Crippen molar-refractivity contribution in [3.63, 3.8) is 0 Å². The zero-order valence-corrected chi connectivity index (χ0v) is 25.5. The SMILES string of the molecule is [3H]CCC(=O)CCN1Cc2ccccc2C[C@H](NC(=O)[C@@H](CCCN=C(N)N)NC(=O)[C@@H](N)Cc2c(C)cc(O)cc2C)C1=O. The van der Waals surface area contributed by atoms with Gasteiger partial charge in [-0.1, -0.05) is 31.2 Å². The van der Waals surface area contributed by atoms with E-state index < -0.39 is 29.9 Å². The third kappa shape index (κ3) is 9.53. The molecule has 0 aliphatic carbocycles. The fraction of sp³-hybridized carbons (Fsp3) is 0.469. The minimum Gasteiger partial charge on any atom is -0.508 e. The number of hydrogen-bond donors (Lipinski definition) is 6. The number of aryl methyl sites for hydroxylation is 2. The molecule has 0 bridgehead atoms. The van der Waals surface area contributed by atoms with Crippen molar-refractivity contribution in [1.82, 2.24) is 15.5 Å². The van der Waals surface area contributed by atoms with Crippen molar-refractivity contribution in [3.05, 3.63) is 64.2 Å². The molecular weight excluding hydrogens is 562 g/mol. The number of nitrogens with two attached hydrogens (primary N) is 3. The summed E-state index contributed by atoms with van der Waals surface area (Å²) in [5.74, 6) is -1.51. The number of phenols is 1. The Morgan fingerprint density at radius 1 is 1.14 bits per heavy atom. The molecule has 3 rings (SSSR count). The lowest BCUT2D eigenvalue weighted by molar-refractivity contribution is -0.138. The molecule has 9 N–H and O–H groups in total. The van der Waals surface area contributed by atoms with E-state index in [1.165, 1.54) is 0 Å². The number of nitrogens with zero attached hydrogens (tertiary/aromatic N) is 2. The molecule has 238 valence electrons. The summed E-state index contributed by atoms with van der Waals surface area (Å²) in [5.41, 5.74) is 21.4. The monoisotopic (exact) mass is 609 g/mol. The topological polar surface area (TPSA) is 206 Å². The van der Waals surface area contributed by atoms with Crippen LogP contribution in [0.1, 0.15) is 61.8 Å². The quantitative estimate of drug-likeness (QED) is 0.103. The number of carbonyl (C=O) groups excluding carboxylic acids is 4. The van der Waals surface area contributed by atoms with Crippen molar-refractivity contribution in [1.29, 1.82) is 0 Å². The lowest BCUT2D eigenvalue weighted by Crippen LogP contribution is -2.56. The highest BCUT2D eigenvalue weighted by molar-refractivity contribution is 5.93. The maximum absolute atomic E-state index is 13.7. The summed E-state index contributed by atoms with van der Waals surface area (Å²) in [6, 6.07) is 7.81. The molecule has 0 fully saturated rings. The smallest absolute Gasteiger partial charge is 0.245 e. The first-order chi connectivity index (χ1) is 21.4. The number of phenolic OH excluding ortho intramolecular Hbond substituents is 1. The van der Waals surface area contributed by atoms with Crippen LogP contribution < -0.4 is 27.8 Å². The van der Waals surface area contributed by atoms with Crippen LogP contribution in [0.25, 0.3) is 0 Å². The largest absolute Gasteiger partial charge is 0.508 e. The number of guanidine groups is 1. The molecule has 0 spiro atoms. The average molecular weight is 610 g/mol. The number of aliphatic imine (C=N–C) groups is 1. The summed E-state index contributed by atoms with van der Waals surface area (Å²) < 4.78 is 7.30. The standard InChI is InChI=1S/C32H45N7O5/c1-4-23(40)11-13-39-18-22-9-6-5-8-21(22)16-28(31(39)44)38-30(43)27(10-7-12-36-32(34)35)37-29(42)26(33)17-25-19(2)14-24(41)15-20(25)3/h5-6,8-9,14-15,26-28,41H,4,7,10-13,16-18,33H2,1-3H3,(H,37,42)(H,38,43)(H4,34,35,36)/t26-,27+,28-/m0/s1/i1T. The lowest BCUT2D eigenvalue weighted by atomic mass is 9.95. The summed E-state index contributed by atoms with van der Waals surface area (Å²) in [7, 11) is 0. The highest BCUT2D eigenvalue weighted by Gasteiger charge is 2.33. The van der Waals surface area contributed by atoms with Crippen LogP contribution in [0.2, 0.25) is 0 Å². The normalized spacial score (nSPS) is 16.2. The minimum absolute atomic E-state index is 0.0115. The van der Waals surface area contributed by atoms with Gasteiger partial charge in [-0.05, 0) is 73.1 Å². The summed E-state index contributed by atoms with van der Waals surface area (Å²) in [5, 5.41) is 15.5. The Hall–Kier alpha value is -4.45. The maximum atomic E-state index is 13.7. The predicted molar refractivity (Wildman–Crippen MR) is 169 cm³/mol. The first kappa shape index (κ1) is 32.5. The van der Waals surface area contributed by atoms with E-state index in [1.807, 2.05) is 38.1 Å². The number of Topliss-reactive ketones (excluding diaryl/α,β-unsaturated/α-hetero) is 1. The fourth-order valence-corrected chi connectivity index (χ4v) is 5.34. The third-order valence-corrected chi connectivity index (χ3v) is 7.79. The van der Waals surface area contributed by atoms with Crippen molar-refractivity contribution < 1.29 is 25.7 Å². The number of fused-ring (bicyclic) bond motifs is 1. The van der Waals surface area contributed by atoms with Gasteiger partial charge in [0.2, 0.25) is 17.7 Å². The van der Waals surface area contributed by atoms with E-state index in [0.29, 0.717) is 13.0 Å². The van der Waals surface area contributed by atoms with Gasteiger partial charge >= 0.3 is 0 Å². The van der Waals surface area contributed by atoms with Crippen molar-refractivity contribution in [2.75, 3.05) is 13.1 Å². The van der Waals surface area contributed by atoms with Gasteiger partial charge in [0.05, 0.1) is 6.04 Å². The van der Waals surface area contributed by atoms with Crippen molar-refractivity contribution in [2.45, 2.75) is 83.9 Å². The van der Waals surface area contributed by atoms with Crippen LogP contribution in [-0.4, -0.2) is 70.7 Å². The Balaban J connectivity index is 1.79. The summed E-state index contributed by atoms with van der Waals surface area (Å²) >= 11 is 0. The molecule has 2 aromatic rings. The molecular formula is C32H45N7O5. The van der Waals surface area contributed by atoms with Gasteiger partial charge in [0.15, 0.2) is 5.96 Å². The van der Waals surface area contributed by atoms with Crippen molar-refractivity contribution in [3.8, 4) is 5.75 Å². The second-order valence-electron chi connectivity index (χ2n) is 11.2. The molecule has 12 heteroatoms. The van der Waals surface area contributed by atoms with Gasteiger partial charge in [0.25, 0.3) is 0 Å². The highest BCUT2D eigenvalue weighted by Crippen LogP contribution is 2.23. The van der Waals surface area contributed by atoms with Gasteiger partial charge in [-0.15, -0.1) is 0 Å². The molecule has 3 amide bonds. The number of aromatic hydroxyl groups is 1. The van der Waals surface area contributed by atoms with E-state index in [2.05, 4.69) is 15.6 Å². The lowest BCUT2D eigenvalue weighted by Gasteiger charge is -2.27. The second-order valence-corrected chi connectivity index (χ2v) is 11.2. The second kappa shape index (κ2) is 15.9. The van der Waals surface area contributed by atoms with E-state index in [4.69, 9.17) is 18.6 Å². The molecule has 1 heterocycles. The van der Waals surface area contributed by atoms with Crippen LogP contribution in [0.5, 0.6) is 5.75 Å². The molecule has 0 radical (unpaired) electrons. The Labute approximate surface area is 259 Å². The first-order valence-electron chi connectivity index (χ1n) is 15.5. The molecule has 2 aromatic carbocycles. The van der Waals surface area contributed by atoms with Crippen LogP contribution in [0.3, 0.4) is 0 Å². The van der Waals surface area contributed by atoms with Crippen LogP contribution in [0, 0.1) is 13.8 Å². The van der Waals surface area contributed by atoms with Crippen LogP contribution >= 0.6 is 0 Å². The zero-order valence-electron chi connectivity index (χ0n) is 26.5. The van der Waals surface area contributed by atoms with E-state index in [9.17, 15) is 24.3 Å². The summed E-state index contributed by atoms with van der Waals surface area (Å²) in [6.07, 6.45) is 1.22. The Morgan fingerprint density at radius 3 is 2.48 bits per heavy atom. The number of benzene rings is 2. The van der Waals surface area contributed by atoms with E-state index >= 15 is 0 Å². The number of nitrogens with one attached hydrogen (secondary N) is 2. The third-order valence-electron chi connectivity index (χ3n) is 7.79. The summed E-state index contributed by atoms with van der Waals surface area (Å²) in [4.78, 5) is 58.3. The molecule has 44 heavy (non-hydrogen) atoms. The predicted octanol–water partition coefficient (Wildman–Crippen LogP) is 0.856. The first-order valence-corrected chi connectivity index (χ1v) is 14.8. The van der Waals surface area contributed by atoms with E-state index in [0.717, 1.165) is 27.8 Å². The van der Waals surface area contributed by atoms with Gasteiger partial charge < -0.3 is 37.8 Å². The Kier molecular flexibility index (Phi) is 11.7. The molecule has 12 nitrogen and oxygen atoms in total. The molecule has 3 atom stereocenters. The summed E-state index contributed by atoms with van der Waals surface area (Å²) in [6.45, 7) is 4.32. The van der Waals surface area contributed by atoms with Crippen molar-refractivity contribution >= 4 is 29.5 Å². The molecule has 0 unspecified atom stereocenters.